The minimum Gasteiger partial charge on any atom is -0.456 e. The van der Waals surface area contributed by atoms with Crippen molar-refractivity contribution in [3.63, 3.8) is 0 Å². The van der Waals surface area contributed by atoms with E-state index in [1.807, 2.05) is 39.8 Å². The predicted molar refractivity (Wildman–Crippen MR) is 186 cm³/mol. The van der Waals surface area contributed by atoms with Crippen LogP contribution in [-0.2, 0) is 38.0 Å². The zero-order valence-corrected chi connectivity index (χ0v) is 31.7. The van der Waals surface area contributed by atoms with Gasteiger partial charge in [-0.25, -0.2) is 14.0 Å². The number of carbonyl (C=O) groups is 3. The fourth-order valence-electron chi connectivity index (χ4n) is 9.71. The molecule has 2 saturated heterocycles. The smallest absolute Gasteiger partial charge is 0.408 e. The lowest BCUT2D eigenvalue weighted by Gasteiger charge is -2.66. The van der Waals surface area contributed by atoms with Crippen molar-refractivity contribution in [1.29, 1.82) is 0 Å². The average molecular weight is 743 g/mol. The van der Waals surface area contributed by atoms with E-state index in [1.54, 1.807) is 27.7 Å². The standard InChI is InChI=1S/C39H51FN2O11/c1-11-25-50-30-26-19(2)23(49-33(45)29(44)28(27-22(40)13-12-16-41-27)42-34(46)53-35(5,6)7)17-39(47,36(26,8)9)20(3)31-37(10,32(30)51-25)15-14-24-38(31,18-48-24)52-21(4)43/h11-16,20,23-25,28-32,44,47H,1,17-18H2,2-10H3,(H,42,46)/t20-,23-,24+,25+,28-,29+,30+,31-,32+,37+,38-,39+/m0/s1. The van der Waals surface area contributed by atoms with E-state index in [0.717, 1.165) is 6.07 Å². The summed E-state index contributed by atoms with van der Waals surface area (Å²) in [5, 5.41) is 27.1. The second kappa shape index (κ2) is 13.3. The van der Waals surface area contributed by atoms with E-state index in [9.17, 15) is 24.6 Å². The Bertz CT molecular complexity index is 1740. The first-order valence-electron chi connectivity index (χ1n) is 18.0. The molecule has 3 fully saturated rings. The van der Waals surface area contributed by atoms with E-state index in [0.29, 0.717) is 11.1 Å². The third kappa shape index (κ3) is 6.20. The Morgan fingerprint density at radius 1 is 1.21 bits per heavy atom. The third-order valence-corrected chi connectivity index (χ3v) is 12.0. The third-order valence-electron chi connectivity index (χ3n) is 12.0. The lowest BCUT2D eigenvalue weighted by Crippen LogP contribution is -2.76. The molecule has 0 unspecified atom stereocenters. The highest BCUT2D eigenvalue weighted by atomic mass is 19.1. The fraction of sp³-hybridized carbons (Fsp3) is 0.641. The molecule has 3 heterocycles. The van der Waals surface area contributed by atoms with E-state index in [1.165, 1.54) is 25.3 Å². The van der Waals surface area contributed by atoms with Crippen molar-refractivity contribution in [3.05, 3.63) is 65.8 Å². The van der Waals surface area contributed by atoms with Gasteiger partial charge < -0.3 is 44.0 Å². The number of carbonyl (C=O) groups excluding carboxylic acids is 3. The molecule has 2 bridgehead atoms. The molecular formula is C39H51FN2O11. The number of alkyl carbamates (subject to hydrolysis) is 1. The fourth-order valence-corrected chi connectivity index (χ4v) is 9.71. The second-order valence-electron chi connectivity index (χ2n) is 16.7. The SMILES string of the molecule is C=C[C@@H]1O[C@@H]2C3=C(C)[C@@H](OC(=O)[C@H](O)[C@@H](NC(=O)OC(C)(C)C)c4ncccc4F)C[C@@](O)([C@@H](C)[C@H]4[C@@](C)(C=C[C@H]5OC[C@]54OC(C)=O)[C@@H]2O1)C3(C)C. The molecule has 5 aliphatic rings. The summed E-state index contributed by atoms with van der Waals surface area (Å²) in [4.78, 5) is 43.5. The van der Waals surface area contributed by atoms with E-state index in [4.69, 9.17) is 28.4 Å². The average Bonchev–Trinajstić information content (AvgIpc) is 3.48. The molecule has 53 heavy (non-hydrogen) atoms. The molecule has 1 amide bonds. The van der Waals surface area contributed by atoms with Crippen LogP contribution in [0.25, 0.3) is 0 Å². The number of aromatic nitrogens is 1. The van der Waals surface area contributed by atoms with Gasteiger partial charge in [0.05, 0.1) is 12.2 Å². The normalized spacial score (nSPS) is 38.0. The number of rotatable bonds is 7. The van der Waals surface area contributed by atoms with Crippen LogP contribution in [0.4, 0.5) is 9.18 Å². The highest BCUT2D eigenvalue weighted by Crippen LogP contribution is 2.66. The van der Waals surface area contributed by atoms with Crippen molar-refractivity contribution >= 4 is 18.0 Å². The summed E-state index contributed by atoms with van der Waals surface area (Å²) >= 11 is 0. The van der Waals surface area contributed by atoms with Crippen LogP contribution in [0.2, 0.25) is 0 Å². The molecule has 3 N–H and O–H groups in total. The van der Waals surface area contributed by atoms with Crippen LogP contribution in [0.1, 0.15) is 80.5 Å². The van der Waals surface area contributed by atoms with Gasteiger partial charge in [0.25, 0.3) is 0 Å². The van der Waals surface area contributed by atoms with Gasteiger partial charge in [-0.1, -0.05) is 46.4 Å². The van der Waals surface area contributed by atoms with Crippen LogP contribution in [-0.4, -0.2) is 93.4 Å². The molecule has 0 spiro atoms. The van der Waals surface area contributed by atoms with E-state index >= 15 is 4.39 Å². The minimum absolute atomic E-state index is 0.0915. The van der Waals surface area contributed by atoms with Crippen LogP contribution in [0.3, 0.4) is 0 Å². The number of aliphatic hydroxyl groups is 2. The number of nitrogens with zero attached hydrogens (tertiary/aromatic N) is 1. The van der Waals surface area contributed by atoms with Crippen LogP contribution in [0.15, 0.2) is 54.3 Å². The molecule has 1 saturated carbocycles. The number of halogens is 1. The van der Waals surface area contributed by atoms with Gasteiger partial charge in [-0.2, -0.15) is 0 Å². The van der Waals surface area contributed by atoms with Gasteiger partial charge in [0, 0.05) is 36.3 Å². The molecule has 3 aliphatic carbocycles. The van der Waals surface area contributed by atoms with E-state index < -0.39 is 112 Å². The quantitative estimate of drug-likeness (QED) is 0.205. The lowest BCUT2D eigenvalue weighted by molar-refractivity contribution is -0.306. The molecule has 14 heteroatoms. The Hall–Kier alpha value is -3.69. The largest absolute Gasteiger partial charge is 0.456 e. The summed E-state index contributed by atoms with van der Waals surface area (Å²) in [7, 11) is 0. The summed E-state index contributed by atoms with van der Waals surface area (Å²) in [5.74, 6) is -3.81. The number of nitrogens with one attached hydrogen (secondary N) is 1. The maximum absolute atomic E-state index is 15.1. The first kappa shape index (κ1) is 39.0. The first-order chi connectivity index (χ1) is 24.6. The van der Waals surface area contributed by atoms with E-state index in [2.05, 4.69) is 16.9 Å². The van der Waals surface area contributed by atoms with Crippen molar-refractivity contribution in [3.8, 4) is 0 Å². The second-order valence-corrected chi connectivity index (χ2v) is 16.7. The van der Waals surface area contributed by atoms with Crippen molar-refractivity contribution in [2.45, 2.75) is 128 Å². The summed E-state index contributed by atoms with van der Waals surface area (Å²) in [6, 6.07) is 0.712. The number of aliphatic hydroxyl groups excluding tert-OH is 1. The van der Waals surface area contributed by atoms with Gasteiger partial charge in [0.1, 0.15) is 47.6 Å². The summed E-state index contributed by atoms with van der Waals surface area (Å²) < 4.78 is 51.7. The predicted octanol–water partition coefficient (Wildman–Crippen LogP) is 4.38. The van der Waals surface area contributed by atoms with Crippen molar-refractivity contribution in [2.75, 3.05) is 6.61 Å². The Morgan fingerprint density at radius 3 is 2.49 bits per heavy atom. The Morgan fingerprint density at radius 2 is 1.91 bits per heavy atom. The van der Waals surface area contributed by atoms with Crippen LogP contribution >= 0.6 is 0 Å². The number of hydrogen-bond acceptors (Lipinski definition) is 12. The van der Waals surface area contributed by atoms with Gasteiger partial charge >= 0.3 is 18.0 Å². The van der Waals surface area contributed by atoms with Crippen molar-refractivity contribution < 1.29 is 57.4 Å². The minimum atomic E-state index is -2.15. The molecule has 1 aromatic rings. The maximum Gasteiger partial charge on any atom is 0.408 e. The van der Waals surface area contributed by atoms with Crippen LogP contribution in [0.5, 0.6) is 0 Å². The van der Waals surface area contributed by atoms with Crippen molar-refractivity contribution in [1.82, 2.24) is 10.3 Å². The number of amides is 1. The lowest BCUT2D eigenvalue weighted by atomic mass is 9.44. The number of ether oxygens (including phenoxy) is 6. The highest BCUT2D eigenvalue weighted by Gasteiger charge is 2.74. The summed E-state index contributed by atoms with van der Waals surface area (Å²) in [5.41, 5.74) is -4.83. The number of hydrogen-bond donors (Lipinski definition) is 3. The summed E-state index contributed by atoms with van der Waals surface area (Å²) in [6.07, 6.45) is -0.602. The zero-order chi connectivity index (χ0) is 39.1. The molecule has 13 nitrogen and oxygen atoms in total. The number of fused-ring (bicyclic) bond motifs is 8. The monoisotopic (exact) mass is 742 g/mol. The summed E-state index contributed by atoms with van der Waals surface area (Å²) in [6.45, 7) is 19.7. The maximum atomic E-state index is 15.1. The van der Waals surface area contributed by atoms with Crippen LogP contribution in [0, 0.1) is 28.5 Å². The molecule has 290 valence electrons. The molecule has 1 aromatic heterocycles. The highest BCUT2D eigenvalue weighted by molar-refractivity contribution is 5.78. The Balaban J connectivity index is 1.43. The Labute approximate surface area is 308 Å². The van der Waals surface area contributed by atoms with Gasteiger partial charge in [-0.05, 0) is 63.0 Å². The first-order valence-corrected chi connectivity index (χ1v) is 18.0. The molecule has 0 radical (unpaired) electrons. The van der Waals surface area contributed by atoms with E-state index in [-0.39, 0.29) is 13.0 Å². The van der Waals surface area contributed by atoms with Gasteiger partial charge in [0.15, 0.2) is 18.0 Å². The molecular weight excluding hydrogens is 691 g/mol. The molecule has 2 aliphatic heterocycles. The zero-order valence-electron chi connectivity index (χ0n) is 31.7. The topological polar surface area (TPSA) is 172 Å². The van der Waals surface area contributed by atoms with Gasteiger partial charge in [-0.3, -0.25) is 9.78 Å². The van der Waals surface area contributed by atoms with Crippen LogP contribution < -0.4 is 5.32 Å². The number of pyridine rings is 1. The number of esters is 2. The Kier molecular flexibility index (Phi) is 9.76. The molecule has 6 rings (SSSR count). The van der Waals surface area contributed by atoms with Gasteiger partial charge in [0.2, 0.25) is 0 Å². The van der Waals surface area contributed by atoms with Crippen molar-refractivity contribution in [2.24, 2.45) is 22.7 Å². The van der Waals surface area contributed by atoms with Gasteiger partial charge in [-0.15, -0.1) is 0 Å². The molecule has 0 aromatic carbocycles. The molecule has 12 atom stereocenters.